The number of aryl methyl sites for hydroxylation is 3. The van der Waals surface area contributed by atoms with Crippen molar-refractivity contribution in [3.05, 3.63) is 66.1 Å². The summed E-state index contributed by atoms with van der Waals surface area (Å²) in [5.74, 6) is 2.28. The molecule has 0 bridgehead atoms. The normalized spacial score (nSPS) is 10.9. The van der Waals surface area contributed by atoms with Crippen LogP contribution in [0.15, 0.2) is 54.7 Å². The number of hydrogen-bond acceptors (Lipinski definition) is 5. The van der Waals surface area contributed by atoms with Crippen LogP contribution in [0, 0.1) is 0 Å². The number of anilines is 1. The second kappa shape index (κ2) is 9.34. The van der Waals surface area contributed by atoms with Gasteiger partial charge in [-0.25, -0.2) is 0 Å². The summed E-state index contributed by atoms with van der Waals surface area (Å²) >= 11 is 0. The average Bonchev–Trinajstić information content (AvgIpc) is 3.42. The van der Waals surface area contributed by atoms with Crippen molar-refractivity contribution in [3.63, 3.8) is 0 Å². The molecule has 1 amide bonds. The van der Waals surface area contributed by atoms with Crippen LogP contribution in [0.1, 0.15) is 17.8 Å². The second-order valence-corrected chi connectivity index (χ2v) is 7.16. The number of benzene rings is 2. The Balaban J connectivity index is 1.29. The minimum Gasteiger partial charge on any atom is -0.493 e. The zero-order valence-corrected chi connectivity index (χ0v) is 17.6. The topological polar surface area (TPSA) is 94.1 Å². The zero-order valence-electron chi connectivity index (χ0n) is 17.6. The van der Waals surface area contributed by atoms with Gasteiger partial charge < -0.3 is 14.0 Å². The Morgan fingerprint density at radius 3 is 2.74 bits per heavy atom. The Labute approximate surface area is 180 Å². The SMILES string of the molecule is COc1ccc(CCc2nc(NC(=O)CCn3ccc4ccccc43)n[nH]2)cc1OC. The van der Waals surface area contributed by atoms with Crippen LogP contribution in [0.3, 0.4) is 0 Å². The van der Waals surface area contributed by atoms with E-state index >= 15 is 0 Å². The van der Waals surface area contributed by atoms with Gasteiger partial charge in [-0.05, 0) is 41.6 Å². The van der Waals surface area contributed by atoms with Gasteiger partial charge in [0.2, 0.25) is 11.9 Å². The van der Waals surface area contributed by atoms with Crippen LogP contribution < -0.4 is 14.8 Å². The largest absolute Gasteiger partial charge is 0.493 e. The monoisotopic (exact) mass is 419 g/mol. The first-order valence-corrected chi connectivity index (χ1v) is 10.1. The van der Waals surface area contributed by atoms with Crippen molar-refractivity contribution >= 4 is 22.8 Å². The first-order chi connectivity index (χ1) is 15.2. The molecule has 0 unspecified atom stereocenters. The molecule has 0 aliphatic rings. The Kier molecular flexibility index (Phi) is 6.16. The highest BCUT2D eigenvalue weighted by molar-refractivity contribution is 5.89. The van der Waals surface area contributed by atoms with Crippen LogP contribution in [0.5, 0.6) is 11.5 Å². The molecule has 2 heterocycles. The maximum Gasteiger partial charge on any atom is 0.248 e. The average molecular weight is 419 g/mol. The van der Waals surface area contributed by atoms with Gasteiger partial charge in [0.25, 0.3) is 0 Å². The van der Waals surface area contributed by atoms with Gasteiger partial charge in [-0.2, -0.15) is 4.98 Å². The molecule has 0 saturated heterocycles. The maximum atomic E-state index is 12.3. The number of carbonyl (C=O) groups excluding carboxylic acids is 1. The number of nitrogens with zero attached hydrogens (tertiary/aromatic N) is 3. The highest BCUT2D eigenvalue weighted by atomic mass is 16.5. The molecule has 0 radical (unpaired) electrons. The van der Waals surface area contributed by atoms with Crippen LogP contribution in [0.25, 0.3) is 10.9 Å². The van der Waals surface area contributed by atoms with Crippen LogP contribution in [0.4, 0.5) is 5.95 Å². The summed E-state index contributed by atoms with van der Waals surface area (Å²) in [6.07, 6.45) is 3.75. The third-order valence-corrected chi connectivity index (χ3v) is 5.14. The highest BCUT2D eigenvalue weighted by Crippen LogP contribution is 2.28. The number of fused-ring (bicyclic) bond motifs is 1. The molecule has 160 valence electrons. The van der Waals surface area contributed by atoms with E-state index in [1.165, 1.54) is 0 Å². The number of methoxy groups -OCH3 is 2. The predicted molar refractivity (Wildman–Crippen MR) is 119 cm³/mol. The van der Waals surface area contributed by atoms with Crippen LogP contribution >= 0.6 is 0 Å². The Bertz CT molecular complexity index is 1180. The van der Waals surface area contributed by atoms with Crippen molar-refractivity contribution in [2.24, 2.45) is 0 Å². The number of hydrogen-bond donors (Lipinski definition) is 2. The third-order valence-electron chi connectivity index (χ3n) is 5.14. The molecule has 0 aliphatic carbocycles. The fourth-order valence-electron chi connectivity index (χ4n) is 3.51. The van der Waals surface area contributed by atoms with Crippen LogP contribution in [0.2, 0.25) is 0 Å². The molecule has 8 nitrogen and oxygen atoms in total. The molecule has 0 aliphatic heterocycles. The van der Waals surface area contributed by atoms with Gasteiger partial charge in [0.1, 0.15) is 5.82 Å². The van der Waals surface area contributed by atoms with Crippen molar-refractivity contribution in [1.29, 1.82) is 0 Å². The van der Waals surface area contributed by atoms with Gasteiger partial charge >= 0.3 is 0 Å². The first-order valence-electron chi connectivity index (χ1n) is 10.1. The van der Waals surface area contributed by atoms with Crippen LogP contribution in [-0.4, -0.2) is 39.9 Å². The minimum absolute atomic E-state index is 0.122. The summed E-state index contributed by atoms with van der Waals surface area (Å²) in [6, 6.07) is 16.0. The number of amides is 1. The molecule has 2 N–H and O–H groups in total. The number of H-pyrrole nitrogens is 1. The molecule has 2 aromatic carbocycles. The zero-order chi connectivity index (χ0) is 21.6. The predicted octanol–water partition coefficient (Wildman–Crippen LogP) is 3.59. The van der Waals surface area contributed by atoms with Gasteiger partial charge in [-0.3, -0.25) is 15.2 Å². The summed E-state index contributed by atoms with van der Waals surface area (Å²) in [7, 11) is 3.23. The van der Waals surface area contributed by atoms with Crippen molar-refractivity contribution < 1.29 is 14.3 Å². The molecule has 0 spiro atoms. The van der Waals surface area contributed by atoms with Crippen molar-refractivity contribution in [2.45, 2.75) is 25.8 Å². The summed E-state index contributed by atoms with van der Waals surface area (Å²) in [5.41, 5.74) is 2.21. The van der Waals surface area contributed by atoms with E-state index in [1.54, 1.807) is 14.2 Å². The molecule has 31 heavy (non-hydrogen) atoms. The number of ether oxygens (including phenoxy) is 2. The van der Waals surface area contributed by atoms with Gasteiger partial charge in [0.15, 0.2) is 11.5 Å². The second-order valence-electron chi connectivity index (χ2n) is 7.16. The third kappa shape index (κ3) is 4.85. The van der Waals surface area contributed by atoms with Crippen molar-refractivity contribution in [3.8, 4) is 11.5 Å². The lowest BCUT2D eigenvalue weighted by Crippen LogP contribution is -2.15. The quantitative estimate of drug-likeness (QED) is 0.432. The Hall–Kier alpha value is -3.81. The van der Waals surface area contributed by atoms with E-state index < -0.39 is 0 Å². The standard InChI is InChI=1S/C23H25N5O3/c1-30-19-9-7-16(15-20(19)31-2)8-10-21-24-23(27-26-21)25-22(29)12-14-28-13-11-17-5-3-4-6-18(17)28/h3-7,9,11,13,15H,8,10,12,14H2,1-2H3,(H2,24,25,26,27,29). The highest BCUT2D eigenvalue weighted by Gasteiger charge is 2.10. The Morgan fingerprint density at radius 2 is 1.90 bits per heavy atom. The van der Waals surface area contributed by atoms with Gasteiger partial charge in [0, 0.05) is 31.1 Å². The minimum atomic E-state index is -0.122. The van der Waals surface area contributed by atoms with E-state index in [0.717, 1.165) is 22.9 Å². The van der Waals surface area contributed by atoms with E-state index in [4.69, 9.17) is 9.47 Å². The van der Waals surface area contributed by atoms with E-state index in [0.29, 0.717) is 42.7 Å². The lowest BCUT2D eigenvalue weighted by molar-refractivity contribution is -0.116. The fraction of sp³-hybridized carbons (Fsp3) is 0.261. The number of carbonyl (C=O) groups is 1. The smallest absolute Gasteiger partial charge is 0.248 e. The van der Waals surface area contributed by atoms with E-state index in [2.05, 4.69) is 31.1 Å². The number of nitrogens with one attached hydrogen (secondary N) is 2. The summed E-state index contributed by atoms with van der Waals surface area (Å²) in [4.78, 5) is 16.7. The van der Waals surface area contributed by atoms with E-state index in [9.17, 15) is 4.79 Å². The number of para-hydroxylation sites is 1. The molecule has 0 fully saturated rings. The number of aromatic nitrogens is 4. The molecule has 8 heteroatoms. The van der Waals surface area contributed by atoms with E-state index in [-0.39, 0.29) is 5.91 Å². The fourth-order valence-corrected chi connectivity index (χ4v) is 3.51. The molecular formula is C23H25N5O3. The van der Waals surface area contributed by atoms with E-state index in [1.807, 2.05) is 48.7 Å². The maximum absolute atomic E-state index is 12.3. The van der Waals surface area contributed by atoms with Gasteiger partial charge in [-0.1, -0.05) is 24.3 Å². The first kappa shape index (κ1) is 20.5. The molecule has 4 aromatic rings. The molecule has 2 aromatic heterocycles. The Morgan fingerprint density at radius 1 is 1.06 bits per heavy atom. The summed E-state index contributed by atoms with van der Waals surface area (Å²) in [6.45, 7) is 0.593. The lowest BCUT2D eigenvalue weighted by atomic mass is 10.1. The molecule has 4 rings (SSSR count). The van der Waals surface area contributed by atoms with Gasteiger partial charge in [0.05, 0.1) is 14.2 Å². The molecule has 0 saturated carbocycles. The van der Waals surface area contributed by atoms with Crippen molar-refractivity contribution in [2.75, 3.05) is 19.5 Å². The number of aromatic amines is 1. The van der Waals surface area contributed by atoms with Gasteiger partial charge in [-0.15, -0.1) is 5.10 Å². The lowest BCUT2D eigenvalue weighted by Gasteiger charge is -2.09. The molecular weight excluding hydrogens is 394 g/mol. The van der Waals surface area contributed by atoms with Crippen LogP contribution in [-0.2, 0) is 24.2 Å². The van der Waals surface area contributed by atoms with Crippen molar-refractivity contribution in [1.82, 2.24) is 19.7 Å². The summed E-state index contributed by atoms with van der Waals surface area (Å²) in [5, 5.41) is 10.9. The summed E-state index contributed by atoms with van der Waals surface area (Å²) < 4.78 is 12.7. The molecule has 0 atom stereocenters. The number of rotatable bonds is 9.